The van der Waals surface area contributed by atoms with Gasteiger partial charge in [0.25, 0.3) is 0 Å². The van der Waals surface area contributed by atoms with Crippen LogP contribution >= 0.6 is 0 Å². The van der Waals surface area contributed by atoms with Crippen LogP contribution in [-0.2, 0) is 124 Å². The van der Waals surface area contributed by atoms with Gasteiger partial charge in [-0.3, -0.25) is 71.9 Å². The van der Waals surface area contributed by atoms with Gasteiger partial charge in [0, 0.05) is 40.5 Å². The summed E-state index contributed by atoms with van der Waals surface area (Å²) in [4.78, 5) is 233. The molecule has 13 amide bonds. The summed E-state index contributed by atoms with van der Waals surface area (Å²) in [5.41, 5.74) is 5.66. The SMILES string of the molecule is CC(=O)NC(CO)C(OC(C)C(=O)NC(C)C(=O)NC(CCC(=O)NC(CCCC(NC(=O)C(C)NC(=O)C(CCCC(N)C(=O)O)NC(=O)CCC(NC(=O)C(C)NC(=O)C(C)OC1C(NC(C)=O)C2OCC(O2)C1OC1OC(CO)C(O)C(O)C1NC(C)=O)C(=O)O)C(=O)O)C(=O)NC(C)C(=O)O)C(=O)O)C(OC1OC(CO)C(O)C(O)C1NC(C)=O)C(O)CO. The fourth-order valence-corrected chi connectivity index (χ4v) is 13.6. The Kier molecular flexibility index (Phi) is 45.1. The van der Waals surface area contributed by atoms with Crippen LogP contribution in [0.25, 0.3) is 0 Å². The number of hydrogen-bond acceptors (Lipinski definition) is 36. The molecule has 4 saturated heterocycles. The van der Waals surface area contributed by atoms with E-state index in [0.29, 0.717) is 0 Å². The van der Waals surface area contributed by atoms with E-state index in [-0.39, 0.29) is 19.4 Å². The van der Waals surface area contributed by atoms with Crippen LogP contribution in [0.4, 0.5) is 0 Å². The predicted molar refractivity (Wildman–Crippen MR) is 422 cm³/mol. The molecule has 31 atom stereocenters. The van der Waals surface area contributed by atoms with E-state index >= 15 is 0 Å². The first-order chi connectivity index (χ1) is 59.9. The topological polar surface area (TPSA) is 847 Å². The maximum atomic E-state index is 13.9. The number of carbonyl (C=O) groups excluding carboxylic acids is 13. The van der Waals surface area contributed by atoms with E-state index in [0.717, 1.165) is 62.3 Å². The van der Waals surface area contributed by atoms with Crippen molar-refractivity contribution < 1.29 is 196 Å². The first-order valence-electron chi connectivity index (χ1n) is 40.6. The van der Waals surface area contributed by atoms with Gasteiger partial charge in [-0.2, -0.15) is 0 Å². The molecule has 0 aromatic rings. The van der Waals surface area contributed by atoms with Gasteiger partial charge in [-0.1, -0.05) is 0 Å². The van der Waals surface area contributed by atoms with Gasteiger partial charge in [-0.25, -0.2) is 14.4 Å². The lowest BCUT2D eigenvalue weighted by Crippen LogP contribution is -2.68. The van der Waals surface area contributed by atoms with E-state index in [1.165, 1.54) is 6.92 Å². The molecule has 2 bridgehead atoms. The summed E-state index contributed by atoms with van der Waals surface area (Å²) in [6.07, 6.45) is -33.5. The van der Waals surface area contributed by atoms with Gasteiger partial charge in [-0.05, 0) is 92.9 Å². The second-order valence-electron chi connectivity index (χ2n) is 31.0. The van der Waals surface area contributed by atoms with Crippen LogP contribution in [0.3, 0.4) is 0 Å². The molecule has 0 aromatic carbocycles. The lowest BCUT2D eigenvalue weighted by Gasteiger charge is -2.47. The Labute approximate surface area is 730 Å². The minimum absolute atomic E-state index is 0.190. The Morgan fingerprint density at radius 3 is 1.22 bits per heavy atom. The Hall–Kier alpha value is -10.3. The first-order valence-corrected chi connectivity index (χ1v) is 40.6. The molecule has 0 aromatic heterocycles. The number of carboxylic acid groups (broad SMARTS) is 5. The lowest BCUT2D eigenvalue weighted by molar-refractivity contribution is -0.313. The van der Waals surface area contributed by atoms with Crippen molar-refractivity contribution in [2.24, 2.45) is 5.73 Å². The highest BCUT2D eigenvalue weighted by Crippen LogP contribution is 2.36. The summed E-state index contributed by atoms with van der Waals surface area (Å²) in [5, 5.41) is 174. The predicted octanol–water partition coefficient (Wildman–Crippen LogP) is -13.6. The van der Waals surface area contributed by atoms with Gasteiger partial charge in [0.2, 0.25) is 76.8 Å². The van der Waals surface area contributed by atoms with Crippen LogP contribution in [0.2, 0.25) is 0 Å². The van der Waals surface area contributed by atoms with Crippen LogP contribution < -0.4 is 74.9 Å². The number of rotatable bonds is 54. The zero-order chi connectivity index (χ0) is 96.7. The lowest BCUT2D eigenvalue weighted by atomic mass is 9.95. The minimum atomic E-state index is -2.07. The maximum absolute atomic E-state index is 13.9. The molecule has 4 aliphatic heterocycles. The summed E-state index contributed by atoms with van der Waals surface area (Å²) in [7, 11) is 0. The van der Waals surface area contributed by atoms with Crippen LogP contribution in [0.5, 0.6) is 0 Å². The zero-order valence-corrected chi connectivity index (χ0v) is 71.5. The number of carboxylic acids is 5. The quantitative estimate of drug-likeness (QED) is 0.0269. The summed E-state index contributed by atoms with van der Waals surface area (Å²) in [6.45, 7) is 6.68. The molecule has 726 valence electrons. The van der Waals surface area contributed by atoms with E-state index in [1.807, 2.05) is 0 Å². The molecule has 0 aliphatic carbocycles. The van der Waals surface area contributed by atoms with Crippen LogP contribution in [-0.4, -0.2) is 400 Å². The Bertz CT molecular complexity index is 3840. The average Bonchev–Trinajstić information content (AvgIpc) is 1.53. The van der Waals surface area contributed by atoms with E-state index in [2.05, 4.69) is 69.1 Å². The van der Waals surface area contributed by atoms with Crippen LogP contribution in [0, 0.1) is 0 Å². The van der Waals surface area contributed by atoms with Crippen molar-refractivity contribution in [1.29, 1.82) is 0 Å². The Balaban J connectivity index is 1.40. The van der Waals surface area contributed by atoms with Crippen molar-refractivity contribution >= 4 is 107 Å². The molecule has 4 rings (SSSR count). The zero-order valence-electron chi connectivity index (χ0n) is 71.5. The van der Waals surface area contributed by atoms with Gasteiger partial charge in [-0.15, -0.1) is 0 Å². The molecular weight excluding hydrogens is 1720 g/mol. The number of carbonyl (C=O) groups is 18. The maximum Gasteiger partial charge on any atom is 0.326 e. The number of amides is 13. The average molecular weight is 1850 g/mol. The highest BCUT2D eigenvalue weighted by Gasteiger charge is 2.57. The summed E-state index contributed by atoms with van der Waals surface area (Å²) < 4.78 is 47.2. The highest BCUT2D eigenvalue weighted by molar-refractivity contribution is 5.95. The molecule has 4 heterocycles. The van der Waals surface area contributed by atoms with Crippen LogP contribution in [0.1, 0.15) is 133 Å². The number of nitrogens with one attached hydrogen (secondary N) is 13. The molecule has 29 N–H and O–H groups in total. The second-order valence-corrected chi connectivity index (χ2v) is 31.0. The third-order valence-electron chi connectivity index (χ3n) is 20.6. The molecule has 0 spiro atoms. The number of nitrogens with two attached hydrogens (primary N) is 1. The normalized spacial score (nSPS) is 26.2. The van der Waals surface area contributed by atoms with Gasteiger partial charge < -0.3 is 184 Å². The molecular formula is C74H120N14O40. The van der Waals surface area contributed by atoms with Gasteiger partial charge in [0.15, 0.2) is 18.9 Å². The third kappa shape index (κ3) is 33.7. The highest BCUT2D eigenvalue weighted by atomic mass is 16.8. The summed E-state index contributed by atoms with van der Waals surface area (Å²) in [5.74, 6) is -21.3. The van der Waals surface area contributed by atoms with E-state index in [9.17, 15) is 158 Å². The fourth-order valence-electron chi connectivity index (χ4n) is 13.6. The van der Waals surface area contributed by atoms with Crippen LogP contribution in [0.15, 0.2) is 0 Å². The van der Waals surface area contributed by atoms with E-state index in [1.54, 1.807) is 0 Å². The summed E-state index contributed by atoms with van der Waals surface area (Å²) >= 11 is 0. The monoisotopic (exact) mass is 1840 g/mol. The van der Waals surface area contributed by atoms with E-state index < -0.39 is 373 Å². The summed E-state index contributed by atoms with van der Waals surface area (Å²) in [6, 6.07) is -23.1. The number of fused-ring (bicyclic) bond motifs is 2. The van der Waals surface area contributed by atoms with Crippen molar-refractivity contribution in [3.05, 3.63) is 0 Å². The number of aliphatic carboxylic acids is 5. The number of aliphatic hydroxyl groups excluding tert-OH is 9. The standard InChI is InChI=1S/C74H120N14O40/c1-26(76-63(107)30(5)122-56(42(21-89)80-32(7)93)57(43(97)22-90)127-73-49(81-33(8)94)54(102)52(100)44(23-91)124-73)60(104)87-41(71(119)120)18-20-48(99)85-38(66(110)79-29(4)67(111)112)15-12-16-39(69(115)116)86-62(106)28(3)78-65(109)37(14-11-13-36(75)68(113)114)84-47(98)19-17-40(70(117)118)88-61(105)27(2)77-64(108)31(6)123-59-51(83-35(10)96)72-121-25-46(126-72)58(59)128-74-50(82-34(9)95)55(103)53(101)45(24-92)125-74/h26-31,36-46,49-59,72-74,89-92,97,100-103H,11-25,75H2,1-10H3,(H,76,107)(H,77,108)(H,78,109)(H,79,110)(H,80,93)(H,81,94)(H,82,95)(H,83,96)(H,84,98)(H,85,99)(H,86,106)(H,87,104)(H,88,105)(H,111,112)(H,113,114)(H,115,116)(H,117,118)(H,119,120). The second kappa shape index (κ2) is 52.4. The fraction of sp³-hybridized carbons (Fsp3) is 0.757. The van der Waals surface area contributed by atoms with Crippen molar-refractivity contribution in [3.8, 4) is 0 Å². The molecule has 54 heteroatoms. The Morgan fingerprint density at radius 1 is 0.398 bits per heavy atom. The van der Waals surface area contributed by atoms with Crippen molar-refractivity contribution in [2.45, 2.75) is 322 Å². The molecule has 4 aliphatic rings. The molecule has 128 heavy (non-hydrogen) atoms. The first kappa shape index (κ1) is 110. The van der Waals surface area contributed by atoms with Crippen molar-refractivity contribution in [3.63, 3.8) is 0 Å². The van der Waals surface area contributed by atoms with Gasteiger partial charge in [0.05, 0.1) is 39.1 Å². The number of aliphatic hydroxyl groups is 9. The molecule has 0 radical (unpaired) electrons. The third-order valence-corrected chi connectivity index (χ3v) is 20.6. The van der Waals surface area contributed by atoms with Gasteiger partial charge >= 0.3 is 29.8 Å². The minimum Gasteiger partial charge on any atom is -0.480 e. The number of hydrogen-bond donors (Lipinski definition) is 28. The smallest absolute Gasteiger partial charge is 0.326 e. The van der Waals surface area contributed by atoms with E-state index in [4.69, 9.17) is 43.6 Å². The molecule has 31 unspecified atom stereocenters. The molecule has 4 fully saturated rings. The molecule has 54 nitrogen and oxygen atoms in total. The van der Waals surface area contributed by atoms with Gasteiger partial charge in [0.1, 0.15) is 164 Å². The van der Waals surface area contributed by atoms with Crippen molar-refractivity contribution in [2.75, 3.05) is 33.0 Å². The Morgan fingerprint density at radius 2 is 0.805 bits per heavy atom. The molecule has 0 saturated carbocycles. The number of ether oxygens (including phenoxy) is 8. The van der Waals surface area contributed by atoms with Crippen molar-refractivity contribution in [1.82, 2.24) is 69.1 Å². The largest absolute Gasteiger partial charge is 0.480 e.